The molecule has 0 radical (unpaired) electrons. The Hall–Kier alpha value is -0.570. The van der Waals surface area contributed by atoms with Gasteiger partial charge in [0.1, 0.15) is 0 Å². The molecular weight excluding hydrogens is 210 g/mol. The third-order valence-corrected chi connectivity index (χ3v) is 3.43. The Labute approximate surface area is 95.4 Å². The van der Waals surface area contributed by atoms with E-state index in [1.807, 2.05) is 12.1 Å². The number of nitrogens with two attached hydrogens (primary N) is 1. The van der Waals surface area contributed by atoms with Crippen molar-refractivity contribution in [3.63, 3.8) is 0 Å². The summed E-state index contributed by atoms with van der Waals surface area (Å²) in [6.45, 7) is 2.32. The van der Waals surface area contributed by atoms with Crippen LogP contribution in [0.15, 0.2) is 24.3 Å². The predicted molar refractivity (Wildman–Crippen MR) is 62.2 cm³/mol. The molecule has 3 heteroatoms. The van der Waals surface area contributed by atoms with Crippen molar-refractivity contribution in [3.05, 3.63) is 34.9 Å². The van der Waals surface area contributed by atoms with Crippen molar-refractivity contribution >= 4 is 11.6 Å². The lowest BCUT2D eigenvalue weighted by molar-refractivity contribution is 0.175. The van der Waals surface area contributed by atoms with Gasteiger partial charge in [0, 0.05) is 17.0 Å². The summed E-state index contributed by atoms with van der Waals surface area (Å²) >= 11 is 5.88. The van der Waals surface area contributed by atoms with E-state index in [-0.39, 0.29) is 5.41 Å². The van der Waals surface area contributed by atoms with E-state index in [1.165, 1.54) is 5.56 Å². The van der Waals surface area contributed by atoms with Crippen LogP contribution in [-0.2, 0) is 10.2 Å². The van der Waals surface area contributed by atoms with Gasteiger partial charge in [0.05, 0.1) is 6.61 Å². The highest BCUT2D eigenvalue weighted by Crippen LogP contribution is 2.36. The summed E-state index contributed by atoms with van der Waals surface area (Å²) in [5.41, 5.74) is 7.10. The zero-order valence-corrected chi connectivity index (χ0v) is 9.46. The van der Waals surface area contributed by atoms with E-state index in [4.69, 9.17) is 22.1 Å². The topological polar surface area (TPSA) is 35.2 Å². The van der Waals surface area contributed by atoms with Crippen LogP contribution in [0.4, 0.5) is 0 Å². The zero-order chi connectivity index (χ0) is 10.7. The maximum atomic E-state index is 5.88. The predicted octanol–water partition coefficient (Wildman–Crippen LogP) is 2.35. The van der Waals surface area contributed by atoms with Gasteiger partial charge in [0.2, 0.25) is 0 Å². The van der Waals surface area contributed by atoms with Crippen molar-refractivity contribution < 1.29 is 4.74 Å². The number of rotatable bonds is 3. The summed E-state index contributed by atoms with van der Waals surface area (Å²) in [6, 6.07) is 8.06. The first-order valence-electron chi connectivity index (χ1n) is 5.31. The van der Waals surface area contributed by atoms with Crippen LogP contribution in [0, 0.1) is 0 Å². The van der Waals surface area contributed by atoms with Gasteiger partial charge in [-0.25, -0.2) is 0 Å². The Bertz CT molecular complexity index is 317. The molecule has 0 aliphatic carbocycles. The number of hydrogen-bond donors (Lipinski definition) is 1. The second kappa shape index (κ2) is 4.52. The summed E-state index contributed by atoms with van der Waals surface area (Å²) in [5, 5.41) is 0.778. The van der Waals surface area contributed by atoms with Crippen molar-refractivity contribution in [3.8, 4) is 0 Å². The molecule has 2 rings (SSSR count). The van der Waals surface area contributed by atoms with Gasteiger partial charge < -0.3 is 10.5 Å². The van der Waals surface area contributed by atoms with Gasteiger partial charge in [-0.1, -0.05) is 23.7 Å². The molecule has 0 bridgehead atoms. The first kappa shape index (κ1) is 10.9. The minimum atomic E-state index is 0.124. The van der Waals surface area contributed by atoms with E-state index in [2.05, 4.69) is 12.1 Å². The quantitative estimate of drug-likeness (QED) is 0.857. The second-order valence-electron chi connectivity index (χ2n) is 4.13. The molecule has 1 unspecified atom stereocenters. The fourth-order valence-corrected chi connectivity index (χ4v) is 2.38. The van der Waals surface area contributed by atoms with Gasteiger partial charge in [-0.15, -0.1) is 0 Å². The first-order chi connectivity index (χ1) is 7.27. The highest BCUT2D eigenvalue weighted by Gasteiger charge is 2.35. The summed E-state index contributed by atoms with van der Waals surface area (Å²) in [6.07, 6.45) is 2.04. The number of benzene rings is 1. The second-order valence-corrected chi connectivity index (χ2v) is 4.56. The van der Waals surface area contributed by atoms with Gasteiger partial charge in [-0.3, -0.25) is 0 Å². The van der Waals surface area contributed by atoms with Gasteiger partial charge in [-0.2, -0.15) is 0 Å². The SMILES string of the molecule is NCCC1(c2ccc(Cl)cc2)CCOC1. The maximum absolute atomic E-state index is 5.88. The molecule has 1 aromatic rings. The van der Waals surface area contributed by atoms with Crippen molar-refractivity contribution in [1.29, 1.82) is 0 Å². The summed E-state index contributed by atoms with van der Waals surface area (Å²) in [5.74, 6) is 0. The third kappa shape index (κ3) is 2.17. The smallest absolute Gasteiger partial charge is 0.0564 e. The molecule has 1 atom stereocenters. The van der Waals surface area contributed by atoms with Crippen molar-refractivity contribution in [2.75, 3.05) is 19.8 Å². The highest BCUT2D eigenvalue weighted by molar-refractivity contribution is 6.30. The van der Waals surface area contributed by atoms with Gasteiger partial charge in [0.15, 0.2) is 0 Å². The fourth-order valence-electron chi connectivity index (χ4n) is 2.26. The standard InChI is InChI=1S/C12H16ClNO/c13-11-3-1-10(2-4-11)12(5-7-14)6-8-15-9-12/h1-4H,5-9,14H2. The van der Waals surface area contributed by atoms with E-state index < -0.39 is 0 Å². The molecule has 2 nitrogen and oxygen atoms in total. The summed E-state index contributed by atoms with van der Waals surface area (Å²) in [7, 11) is 0. The molecule has 82 valence electrons. The lowest BCUT2D eigenvalue weighted by atomic mass is 9.77. The van der Waals surface area contributed by atoms with Crippen LogP contribution in [0.3, 0.4) is 0 Å². The van der Waals surface area contributed by atoms with Crippen molar-refractivity contribution in [1.82, 2.24) is 0 Å². The van der Waals surface area contributed by atoms with Crippen LogP contribution >= 0.6 is 11.6 Å². The molecule has 0 aromatic heterocycles. The van der Waals surface area contributed by atoms with Crippen LogP contribution in [0.5, 0.6) is 0 Å². The van der Waals surface area contributed by atoms with Crippen LogP contribution in [0.25, 0.3) is 0 Å². The summed E-state index contributed by atoms with van der Waals surface area (Å²) in [4.78, 5) is 0. The van der Waals surface area contributed by atoms with Gasteiger partial charge >= 0.3 is 0 Å². The molecule has 0 amide bonds. The van der Waals surface area contributed by atoms with E-state index in [0.29, 0.717) is 6.54 Å². The minimum Gasteiger partial charge on any atom is -0.380 e. The molecule has 2 N–H and O–H groups in total. The van der Waals surface area contributed by atoms with Crippen LogP contribution < -0.4 is 5.73 Å². The zero-order valence-electron chi connectivity index (χ0n) is 8.71. The Morgan fingerprint density at radius 1 is 1.33 bits per heavy atom. The maximum Gasteiger partial charge on any atom is 0.0564 e. The molecule has 1 saturated heterocycles. The van der Waals surface area contributed by atoms with Crippen LogP contribution in [0.1, 0.15) is 18.4 Å². The molecule has 0 spiro atoms. The fraction of sp³-hybridized carbons (Fsp3) is 0.500. The van der Waals surface area contributed by atoms with Gasteiger partial charge in [-0.05, 0) is 37.1 Å². The molecule has 15 heavy (non-hydrogen) atoms. The number of hydrogen-bond acceptors (Lipinski definition) is 2. The average molecular weight is 226 g/mol. The molecule has 1 aliphatic heterocycles. The molecule has 0 saturated carbocycles. The van der Waals surface area contributed by atoms with Crippen molar-refractivity contribution in [2.24, 2.45) is 5.73 Å². The Morgan fingerprint density at radius 3 is 2.60 bits per heavy atom. The Kier molecular flexibility index (Phi) is 3.29. The normalized spacial score (nSPS) is 25.7. The highest BCUT2D eigenvalue weighted by atomic mass is 35.5. The van der Waals surface area contributed by atoms with E-state index in [1.54, 1.807) is 0 Å². The van der Waals surface area contributed by atoms with E-state index in [9.17, 15) is 0 Å². The molecule has 1 fully saturated rings. The lowest BCUT2D eigenvalue weighted by Gasteiger charge is -2.27. The van der Waals surface area contributed by atoms with Crippen LogP contribution in [0.2, 0.25) is 5.02 Å². The number of ether oxygens (including phenoxy) is 1. The molecule has 1 heterocycles. The number of halogens is 1. The minimum absolute atomic E-state index is 0.124. The first-order valence-corrected chi connectivity index (χ1v) is 5.68. The molecular formula is C12H16ClNO. The largest absolute Gasteiger partial charge is 0.380 e. The van der Waals surface area contributed by atoms with E-state index >= 15 is 0 Å². The van der Waals surface area contributed by atoms with E-state index in [0.717, 1.165) is 31.1 Å². The monoisotopic (exact) mass is 225 g/mol. The van der Waals surface area contributed by atoms with Crippen molar-refractivity contribution in [2.45, 2.75) is 18.3 Å². The molecule has 1 aromatic carbocycles. The summed E-state index contributed by atoms with van der Waals surface area (Å²) < 4.78 is 5.51. The lowest BCUT2D eigenvalue weighted by Crippen LogP contribution is -2.29. The average Bonchev–Trinajstić information content (AvgIpc) is 2.69. The van der Waals surface area contributed by atoms with Crippen LogP contribution in [-0.4, -0.2) is 19.8 Å². The Balaban J connectivity index is 2.28. The molecule has 1 aliphatic rings. The Morgan fingerprint density at radius 2 is 2.07 bits per heavy atom. The third-order valence-electron chi connectivity index (χ3n) is 3.18. The van der Waals surface area contributed by atoms with Gasteiger partial charge in [0.25, 0.3) is 0 Å².